The molecule has 6 nitrogen and oxygen atoms in total. The van der Waals surface area contributed by atoms with Crippen molar-refractivity contribution in [3.05, 3.63) is 58.1 Å². The van der Waals surface area contributed by atoms with Crippen LogP contribution >= 0.6 is 15.9 Å². The SMILES string of the molecule is CCN(CC)c1ccc(/C=C2\C(=O)NN(c3ccc(Br)cc3)C2=O)c(O)c1. The molecular weight excluding hydrogens is 410 g/mol. The number of amides is 2. The molecule has 0 radical (unpaired) electrons. The Labute approximate surface area is 166 Å². The molecule has 140 valence electrons. The van der Waals surface area contributed by atoms with Crippen molar-refractivity contribution in [1.82, 2.24) is 5.43 Å². The number of phenols is 1. The number of carbonyl (C=O) groups is 2. The molecule has 0 unspecified atom stereocenters. The van der Waals surface area contributed by atoms with Crippen LogP contribution in [0.5, 0.6) is 5.75 Å². The second kappa shape index (κ2) is 7.84. The molecule has 0 aliphatic carbocycles. The molecule has 0 spiro atoms. The fourth-order valence-electron chi connectivity index (χ4n) is 2.92. The molecule has 1 aliphatic rings. The van der Waals surface area contributed by atoms with E-state index in [2.05, 4.69) is 26.3 Å². The first-order valence-electron chi connectivity index (χ1n) is 8.65. The molecule has 0 aromatic heterocycles. The molecule has 2 aromatic rings. The molecular formula is C20H20BrN3O3. The summed E-state index contributed by atoms with van der Waals surface area (Å²) in [7, 11) is 0. The molecule has 2 N–H and O–H groups in total. The summed E-state index contributed by atoms with van der Waals surface area (Å²) in [4.78, 5) is 27.0. The molecule has 1 aliphatic heterocycles. The third kappa shape index (κ3) is 3.83. The molecule has 2 aromatic carbocycles. The third-order valence-electron chi connectivity index (χ3n) is 4.42. The van der Waals surface area contributed by atoms with Gasteiger partial charge in [0.15, 0.2) is 0 Å². The highest BCUT2D eigenvalue weighted by molar-refractivity contribution is 9.10. The summed E-state index contributed by atoms with van der Waals surface area (Å²) in [6.07, 6.45) is 1.41. The fraction of sp³-hybridized carbons (Fsp3) is 0.200. The van der Waals surface area contributed by atoms with Crippen LogP contribution in [0.1, 0.15) is 19.4 Å². The van der Waals surface area contributed by atoms with Gasteiger partial charge in [0.2, 0.25) is 0 Å². The van der Waals surface area contributed by atoms with Crippen LogP contribution in [0.3, 0.4) is 0 Å². The molecule has 1 saturated heterocycles. The zero-order valence-electron chi connectivity index (χ0n) is 15.1. The van der Waals surface area contributed by atoms with Gasteiger partial charge in [-0.1, -0.05) is 15.9 Å². The summed E-state index contributed by atoms with van der Waals surface area (Å²) < 4.78 is 0.873. The van der Waals surface area contributed by atoms with Gasteiger partial charge in [-0.05, 0) is 56.3 Å². The largest absolute Gasteiger partial charge is 0.507 e. The minimum atomic E-state index is -0.505. The van der Waals surface area contributed by atoms with Gasteiger partial charge in [0, 0.05) is 34.9 Å². The summed E-state index contributed by atoms with van der Waals surface area (Å²) in [5, 5.41) is 11.5. The highest BCUT2D eigenvalue weighted by Gasteiger charge is 2.34. The Morgan fingerprint density at radius 1 is 1.11 bits per heavy atom. The van der Waals surface area contributed by atoms with Gasteiger partial charge in [0.05, 0.1) is 5.69 Å². The third-order valence-corrected chi connectivity index (χ3v) is 4.95. The topological polar surface area (TPSA) is 72.9 Å². The van der Waals surface area contributed by atoms with Crippen molar-refractivity contribution in [1.29, 1.82) is 0 Å². The lowest BCUT2D eigenvalue weighted by atomic mass is 10.1. The zero-order valence-corrected chi connectivity index (χ0v) is 16.7. The molecule has 2 amide bonds. The van der Waals surface area contributed by atoms with Crippen LogP contribution in [0.4, 0.5) is 11.4 Å². The van der Waals surface area contributed by atoms with E-state index in [9.17, 15) is 14.7 Å². The van der Waals surface area contributed by atoms with Crippen molar-refractivity contribution < 1.29 is 14.7 Å². The Balaban J connectivity index is 1.89. The molecule has 0 saturated carbocycles. The van der Waals surface area contributed by atoms with Gasteiger partial charge in [-0.2, -0.15) is 0 Å². The predicted octanol–water partition coefficient (Wildman–Crippen LogP) is 3.46. The van der Waals surface area contributed by atoms with E-state index >= 15 is 0 Å². The average molecular weight is 430 g/mol. The van der Waals surface area contributed by atoms with Crippen LogP contribution in [0, 0.1) is 0 Å². The highest BCUT2D eigenvalue weighted by Crippen LogP contribution is 2.29. The second-order valence-corrected chi connectivity index (χ2v) is 6.95. The van der Waals surface area contributed by atoms with Gasteiger partial charge in [-0.15, -0.1) is 0 Å². The van der Waals surface area contributed by atoms with E-state index in [1.807, 2.05) is 19.9 Å². The number of anilines is 2. The normalized spacial score (nSPS) is 15.4. The maximum Gasteiger partial charge on any atom is 0.282 e. The summed E-state index contributed by atoms with van der Waals surface area (Å²) in [6, 6.07) is 12.2. The van der Waals surface area contributed by atoms with Crippen LogP contribution in [0.15, 0.2) is 52.5 Å². The van der Waals surface area contributed by atoms with Crippen molar-refractivity contribution in [2.75, 3.05) is 23.0 Å². The van der Waals surface area contributed by atoms with Crippen LogP contribution in [-0.4, -0.2) is 30.0 Å². The lowest BCUT2D eigenvalue weighted by molar-refractivity contribution is -0.117. The number of carbonyl (C=O) groups excluding carboxylic acids is 2. The molecule has 7 heteroatoms. The maximum atomic E-state index is 12.7. The number of hydrazine groups is 1. The minimum Gasteiger partial charge on any atom is -0.507 e. The number of halogens is 1. The first kappa shape index (κ1) is 19.0. The summed E-state index contributed by atoms with van der Waals surface area (Å²) in [5.41, 5.74) is 4.39. The van der Waals surface area contributed by atoms with E-state index in [1.54, 1.807) is 36.4 Å². The number of phenolic OH excluding ortho intramolecular Hbond substituents is 1. The monoisotopic (exact) mass is 429 g/mol. The number of rotatable bonds is 5. The van der Waals surface area contributed by atoms with E-state index in [0.717, 1.165) is 23.2 Å². The van der Waals surface area contributed by atoms with Crippen molar-refractivity contribution in [3.63, 3.8) is 0 Å². The van der Waals surface area contributed by atoms with E-state index in [0.29, 0.717) is 11.3 Å². The minimum absolute atomic E-state index is 0.0228. The molecule has 0 bridgehead atoms. The van der Waals surface area contributed by atoms with Gasteiger partial charge in [0.25, 0.3) is 11.8 Å². The number of nitrogens with zero attached hydrogens (tertiary/aromatic N) is 2. The van der Waals surface area contributed by atoms with Gasteiger partial charge in [0.1, 0.15) is 11.3 Å². The Morgan fingerprint density at radius 2 is 1.78 bits per heavy atom. The van der Waals surface area contributed by atoms with Crippen molar-refractivity contribution in [2.45, 2.75) is 13.8 Å². The molecule has 1 heterocycles. The van der Waals surface area contributed by atoms with E-state index in [-0.39, 0.29) is 11.3 Å². The van der Waals surface area contributed by atoms with Crippen molar-refractivity contribution in [3.8, 4) is 5.75 Å². The predicted molar refractivity (Wildman–Crippen MR) is 109 cm³/mol. The van der Waals surface area contributed by atoms with E-state index in [1.165, 1.54) is 11.1 Å². The summed E-state index contributed by atoms with van der Waals surface area (Å²) in [5.74, 6) is -0.945. The van der Waals surface area contributed by atoms with Crippen LogP contribution < -0.4 is 15.3 Å². The standard InChI is InChI=1S/C20H20BrN3O3/c1-3-23(4-2)16-8-5-13(18(25)12-16)11-17-19(26)22-24(20(17)27)15-9-6-14(21)7-10-15/h5-12,25H,3-4H2,1-2H3,(H,22,26)/b17-11+. The number of aromatic hydroxyl groups is 1. The highest BCUT2D eigenvalue weighted by atomic mass is 79.9. The molecule has 27 heavy (non-hydrogen) atoms. The first-order valence-corrected chi connectivity index (χ1v) is 9.44. The second-order valence-electron chi connectivity index (χ2n) is 6.03. The smallest absolute Gasteiger partial charge is 0.282 e. The summed E-state index contributed by atoms with van der Waals surface area (Å²) >= 11 is 3.34. The number of benzene rings is 2. The molecule has 3 rings (SSSR count). The Morgan fingerprint density at radius 3 is 2.37 bits per heavy atom. The Kier molecular flexibility index (Phi) is 5.51. The van der Waals surface area contributed by atoms with Crippen molar-refractivity contribution in [2.24, 2.45) is 0 Å². The van der Waals surface area contributed by atoms with Gasteiger partial charge in [-0.25, -0.2) is 5.01 Å². The van der Waals surface area contributed by atoms with Crippen LogP contribution in [0.2, 0.25) is 0 Å². The number of hydrogen-bond donors (Lipinski definition) is 2. The Hall–Kier alpha value is -2.80. The van der Waals surface area contributed by atoms with E-state index < -0.39 is 11.8 Å². The van der Waals surface area contributed by atoms with Crippen LogP contribution in [-0.2, 0) is 9.59 Å². The number of hydrogen-bond acceptors (Lipinski definition) is 4. The fourth-order valence-corrected chi connectivity index (χ4v) is 3.19. The quantitative estimate of drug-likeness (QED) is 0.563. The van der Waals surface area contributed by atoms with Gasteiger partial charge in [-0.3, -0.25) is 15.0 Å². The van der Waals surface area contributed by atoms with Gasteiger partial charge >= 0.3 is 0 Å². The average Bonchev–Trinajstić information content (AvgIpc) is 2.93. The Bertz CT molecular complexity index is 905. The van der Waals surface area contributed by atoms with Gasteiger partial charge < -0.3 is 10.0 Å². The number of nitrogens with one attached hydrogen (secondary N) is 1. The molecule has 1 fully saturated rings. The lowest BCUT2D eigenvalue weighted by Crippen LogP contribution is -2.35. The zero-order chi connectivity index (χ0) is 19.6. The lowest BCUT2D eigenvalue weighted by Gasteiger charge is -2.21. The maximum absolute atomic E-state index is 12.7. The van der Waals surface area contributed by atoms with Crippen LogP contribution in [0.25, 0.3) is 6.08 Å². The van der Waals surface area contributed by atoms with E-state index in [4.69, 9.17) is 0 Å². The molecule has 0 atom stereocenters. The van der Waals surface area contributed by atoms with Crippen molar-refractivity contribution >= 4 is 45.2 Å². The summed E-state index contributed by atoms with van der Waals surface area (Å²) in [6.45, 7) is 5.71. The first-order chi connectivity index (χ1) is 12.9.